The Morgan fingerprint density at radius 1 is 1.47 bits per heavy atom. The van der Waals surface area contributed by atoms with Crippen molar-refractivity contribution < 1.29 is 13.4 Å². The Hall–Kier alpha value is -1.01. The van der Waals surface area contributed by atoms with Crippen molar-refractivity contribution in [1.82, 2.24) is 9.88 Å². The number of halogens is 2. The zero-order valence-corrected chi connectivity index (χ0v) is 10.4. The number of pyridine rings is 1. The minimum absolute atomic E-state index is 0.0110. The van der Waals surface area contributed by atoms with Gasteiger partial charge < -0.3 is 4.90 Å². The lowest BCUT2D eigenvalue weighted by Gasteiger charge is -2.26. The Morgan fingerprint density at radius 3 is 2.76 bits per heavy atom. The first-order chi connectivity index (χ1) is 8.08. The molecule has 1 amide bonds. The van der Waals surface area contributed by atoms with Gasteiger partial charge in [0.25, 0.3) is 5.91 Å². The van der Waals surface area contributed by atoms with Crippen molar-refractivity contribution in [2.45, 2.75) is 0 Å². The van der Waals surface area contributed by atoms with E-state index in [1.165, 1.54) is 4.90 Å². The van der Waals surface area contributed by atoms with Gasteiger partial charge in [0.2, 0.25) is 0 Å². The van der Waals surface area contributed by atoms with E-state index in [2.05, 4.69) is 4.98 Å². The van der Waals surface area contributed by atoms with Crippen LogP contribution in [-0.2, 0) is 10.8 Å². The fraction of sp³-hybridized carbons (Fsp3) is 0.400. The summed E-state index contributed by atoms with van der Waals surface area (Å²) in [7, 11) is -0.860. The predicted molar refractivity (Wildman–Crippen MR) is 63.0 cm³/mol. The molecule has 1 fully saturated rings. The molecule has 1 aromatic heterocycles. The number of aromatic nitrogens is 1. The number of carbonyl (C=O) groups excluding carboxylic acids is 1. The highest BCUT2D eigenvalue weighted by atomic mass is 35.5. The molecule has 0 atom stereocenters. The maximum absolute atomic E-state index is 13.0. The van der Waals surface area contributed by atoms with Crippen LogP contribution < -0.4 is 0 Å². The Morgan fingerprint density at radius 2 is 2.12 bits per heavy atom. The van der Waals surface area contributed by atoms with E-state index >= 15 is 0 Å². The monoisotopic (exact) mass is 276 g/mol. The molecule has 92 valence electrons. The van der Waals surface area contributed by atoms with Gasteiger partial charge >= 0.3 is 0 Å². The van der Waals surface area contributed by atoms with Crippen LogP contribution in [-0.4, -0.2) is 44.6 Å². The average Bonchev–Trinajstić information content (AvgIpc) is 2.32. The molecule has 4 nitrogen and oxygen atoms in total. The van der Waals surface area contributed by atoms with Gasteiger partial charge in [-0.3, -0.25) is 9.00 Å². The second kappa shape index (κ2) is 5.10. The summed E-state index contributed by atoms with van der Waals surface area (Å²) in [5.41, 5.74) is 0.0550. The summed E-state index contributed by atoms with van der Waals surface area (Å²) >= 11 is 5.75. The van der Waals surface area contributed by atoms with Gasteiger partial charge in [0.05, 0.1) is 11.8 Å². The molecule has 0 aromatic carbocycles. The maximum Gasteiger partial charge on any atom is 0.257 e. The van der Waals surface area contributed by atoms with E-state index in [9.17, 15) is 13.4 Å². The van der Waals surface area contributed by atoms with E-state index in [1.807, 2.05) is 0 Å². The lowest BCUT2D eigenvalue weighted by atomic mass is 10.2. The van der Waals surface area contributed by atoms with E-state index in [4.69, 9.17) is 11.6 Å². The highest BCUT2D eigenvalue weighted by Crippen LogP contribution is 2.17. The molecule has 0 radical (unpaired) electrons. The summed E-state index contributed by atoms with van der Waals surface area (Å²) in [5.74, 6) is -0.0601. The number of hydrogen-bond acceptors (Lipinski definition) is 3. The summed E-state index contributed by atoms with van der Waals surface area (Å²) in [6.45, 7) is 0.802. The molecule has 0 aliphatic carbocycles. The van der Waals surface area contributed by atoms with Crippen molar-refractivity contribution in [3.63, 3.8) is 0 Å². The smallest absolute Gasteiger partial charge is 0.257 e. The number of amides is 1. The molecule has 0 saturated carbocycles. The zero-order valence-electron chi connectivity index (χ0n) is 8.86. The van der Waals surface area contributed by atoms with Gasteiger partial charge in [0, 0.05) is 35.4 Å². The normalized spacial score (nSPS) is 17.2. The lowest BCUT2D eigenvalue weighted by molar-refractivity contribution is 0.0770. The maximum atomic E-state index is 13.0. The van der Waals surface area contributed by atoms with Crippen molar-refractivity contribution in [1.29, 1.82) is 0 Å². The molecule has 0 spiro atoms. The van der Waals surface area contributed by atoms with Crippen LogP contribution in [0.3, 0.4) is 0 Å². The second-order valence-electron chi connectivity index (χ2n) is 3.63. The molecule has 0 bridgehead atoms. The highest BCUT2D eigenvalue weighted by molar-refractivity contribution is 7.85. The topological polar surface area (TPSA) is 50.3 Å². The second-order valence-corrected chi connectivity index (χ2v) is 5.69. The minimum Gasteiger partial charge on any atom is -0.337 e. The third-order valence-corrected chi connectivity index (χ3v) is 4.08. The van der Waals surface area contributed by atoms with Crippen LogP contribution in [0.2, 0.25) is 5.15 Å². The minimum atomic E-state index is -0.860. The zero-order chi connectivity index (χ0) is 12.4. The van der Waals surface area contributed by atoms with Crippen molar-refractivity contribution in [3.05, 3.63) is 28.8 Å². The summed E-state index contributed by atoms with van der Waals surface area (Å²) in [5, 5.41) is -0.0110. The number of hydrogen-bond donors (Lipinski definition) is 0. The molecule has 17 heavy (non-hydrogen) atoms. The first-order valence-corrected chi connectivity index (χ1v) is 6.90. The molecule has 0 N–H and O–H groups in total. The largest absolute Gasteiger partial charge is 0.337 e. The van der Waals surface area contributed by atoms with Crippen LogP contribution in [0, 0.1) is 5.82 Å². The van der Waals surface area contributed by atoms with Crippen molar-refractivity contribution in [2.75, 3.05) is 24.6 Å². The van der Waals surface area contributed by atoms with Crippen LogP contribution >= 0.6 is 11.6 Å². The molecule has 7 heteroatoms. The van der Waals surface area contributed by atoms with Gasteiger partial charge in [-0.25, -0.2) is 9.37 Å². The Balaban J connectivity index is 2.19. The molecule has 1 saturated heterocycles. The quantitative estimate of drug-likeness (QED) is 0.721. The Labute approximate surface area is 105 Å². The van der Waals surface area contributed by atoms with Crippen LogP contribution in [0.15, 0.2) is 12.3 Å². The molecule has 1 aromatic rings. The number of nitrogens with zero attached hydrogens (tertiary/aromatic N) is 2. The van der Waals surface area contributed by atoms with Crippen molar-refractivity contribution >= 4 is 28.3 Å². The summed E-state index contributed by atoms with van der Waals surface area (Å²) in [6.07, 6.45) is 0.963. The van der Waals surface area contributed by atoms with Crippen LogP contribution in [0.25, 0.3) is 0 Å². The predicted octanol–water partition coefficient (Wildman–Crippen LogP) is 1.08. The van der Waals surface area contributed by atoms with Crippen LogP contribution in [0.5, 0.6) is 0 Å². The fourth-order valence-electron chi connectivity index (χ4n) is 1.58. The lowest BCUT2D eigenvalue weighted by Crippen LogP contribution is -2.42. The Bertz CT molecular complexity index is 473. The van der Waals surface area contributed by atoms with Crippen molar-refractivity contribution in [2.24, 2.45) is 0 Å². The van der Waals surface area contributed by atoms with Crippen molar-refractivity contribution in [3.8, 4) is 0 Å². The Kier molecular flexibility index (Phi) is 3.73. The van der Waals surface area contributed by atoms with E-state index < -0.39 is 16.6 Å². The van der Waals surface area contributed by atoms with E-state index in [1.54, 1.807) is 0 Å². The van der Waals surface area contributed by atoms with Gasteiger partial charge in [0.1, 0.15) is 11.0 Å². The van der Waals surface area contributed by atoms with Gasteiger partial charge in [-0.1, -0.05) is 11.6 Å². The third kappa shape index (κ3) is 2.81. The molecule has 2 rings (SSSR count). The van der Waals surface area contributed by atoms with Gasteiger partial charge in [-0.15, -0.1) is 0 Å². The summed E-state index contributed by atoms with van der Waals surface area (Å²) in [4.78, 5) is 17.1. The number of rotatable bonds is 1. The van der Waals surface area contributed by atoms with Gasteiger partial charge in [-0.2, -0.15) is 0 Å². The third-order valence-electron chi connectivity index (χ3n) is 2.50. The summed E-state index contributed by atoms with van der Waals surface area (Å²) in [6, 6.07) is 1.07. The fourth-order valence-corrected chi connectivity index (χ4v) is 2.82. The molecular formula is C10H10ClFN2O2S. The van der Waals surface area contributed by atoms with E-state index in [0.29, 0.717) is 24.6 Å². The van der Waals surface area contributed by atoms with Gasteiger partial charge in [-0.05, 0) is 6.07 Å². The molecule has 1 aliphatic rings. The first-order valence-electron chi connectivity index (χ1n) is 5.03. The SMILES string of the molecule is O=C(c1cc(F)cnc1Cl)N1CCS(=O)CC1. The van der Waals surface area contributed by atoms with E-state index in [0.717, 1.165) is 12.3 Å². The standard InChI is InChI=1S/C10H10ClFN2O2S/c11-9-8(5-7(12)6-13-9)10(15)14-1-3-17(16)4-2-14/h5-6H,1-4H2. The summed E-state index contributed by atoms with van der Waals surface area (Å²) < 4.78 is 24.2. The average molecular weight is 277 g/mol. The van der Waals surface area contributed by atoms with E-state index in [-0.39, 0.29) is 16.6 Å². The molecular weight excluding hydrogens is 267 g/mol. The highest BCUT2D eigenvalue weighted by Gasteiger charge is 2.23. The molecule has 0 unspecified atom stereocenters. The first kappa shape index (κ1) is 12.4. The van der Waals surface area contributed by atoms with Crippen LogP contribution in [0.4, 0.5) is 4.39 Å². The number of carbonyl (C=O) groups is 1. The molecule has 1 aliphatic heterocycles. The molecule has 2 heterocycles. The van der Waals surface area contributed by atoms with Crippen LogP contribution in [0.1, 0.15) is 10.4 Å². The van der Waals surface area contributed by atoms with Gasteiger partial charge in [0.15, 0.2) is 0 Å².